The normalized spacial score (nSPS) is 10.4. The number of aromatic nitrogens is 1. The number of carbonyl (C=O) groups excluding carboxylic acids is 1. The molecular formula is C14H16ClN3OS. The molecule has 1 amide bonds. The van der Waals surface area contributed by atoms with E-state index in [9.17, 15) is 4.79 Å². The van der Waals surface area contributed by atoms with Crippen LogP contribution in [0.3, 0.4) is 0 Å². The van der Waals surface area contributed by atoms with Crippen molar-refractivity contribution in [3.63, 3.8) is 0 Å². The van der Waals surface area contributed by atoms with E-state index in [-0.39, 0.29) is 5.91 Å². The van der Waals surface area contributed by atoms with E-state index >= 15 is 0 Å². The summed E-state index contributed by atoms with van der Waals surface area (Å²) in [5.74, 6) is -0.104. The Balaban J connectivity index is 2.13. The van der Waals surface area contributed by atoms with Crippen LogP contribution in [0.25, 0.3) is 0 Å². The van der Waals surface area contributed by atoms with E-state index in [0.29, 0.717) is 17.1 Å². The monoisotopic (exact) mass is 309 g/mol. The molecule has 0 radical (unpaired) electrons. The average molecular weight is 310 g/mol. The second-order valence-electron chi connectivity index (χ2n) is 4.59. The molecule has 0 fully saturated rings. The topological polar surface area (TPSA) is 45.2 Å². The predicted octanol–water partition coefficient (Wildman–Crippen LogP) is 3.42. The van der Waals surface area contributed by atoms with Gasteiger partial charge in [-0.1, -0.05) is 11.6 Å². The minimum absolute atomic E-state index is 0.104. The van der Waals surface area contributed by atoms with Crippen LogP contribution in [-0.2, 0) is 6.54 Å². The van der Waals surface area contributed by atoms with Gasteiger partial charge in [0.1, 0.15) is 0 Å². The standard InChI is InChI=1S/C14H16ClN3OS/c1-9-16-7-11(20-9)8-17-10-4-5-13(15)12(6-10)14(19)18(2)3/h4-7,17H,8H2,1-3H3. The van der Waals surface area contributed by atoms with E-state index < -0.39 is 0 Å². The maximum absolute atomic E-state index is 12.0. The lowest BCUT2D eigenvalue weighted by atomic mass is 10.1. The maximum atomic E-state index is 12.0. The van der Waals surface area contributed by atoms with Crippen LogP contribution in [0.2, 0.25) is 5.02 Å². The highest BCUT2D eigenvalue weighted by Gasteiger charge is 2.13. The number of nitrogens with one attached hydrogen (secondary N) is 1. The van der Waals surface area contributed by atoms with E-state index in [1.165, 1.54) is 4.90 Å². The largest absolute Gasteiger partial charge is 0.380 e. The molecule has 0 saturated carbocycles. The highest BCUT2D eigenvalue weighted by Crippen LogP contribution is 2.22. The van der Waals surface area contributed by atoms with Gasteiger partial charge in [-0.3, -0.25) is 4.79 Å². The predicted molar refractivity (Wildman–Crippen MR) is 83.6 cm³/mol. The summed E-state index contributed by atoms with van der Waals surface area (Å²) in [6.07, 6.45) is 1.86. The van der Waals surface area contributed by atoms with Crippen LogP contribution in [-0.4, -0.2) is 29.9 Å². The number of benzene rings is 1. The van der Waals surface area contributed by atoms with E-state index in [1.807, 2.05) is 19.2 Å². The van der Waals surface area contributed by atoms with E-state index in [2.05, 4.69) is 10.3 Å². The van der Waals surface area contributed by atoms with Crippen LogP contribution in [0.5, 0.6) is 0 Å². The Kier molecular flexibility index (Phi) is 4.62. The van der Waals surface area contributed by atoms with Gasteiger partial charge in [0.15, 0.2) is 0 Å². The van der Waals surface area contributed by atoms with Gasteiger partial charge < -0.3 is 10.2 Å². The number of nitrogens with zero attached hydrogens (tertiary/aromatic N) is 2. The molecule has 0 aliphatic heterocycles. The van der Waals surface area contributed by atoms with Gasteiger partial charge in [0.25, 0.3) is 5.91 Å². The van der Waals surface area contributed by atoms with Crippen molar-refractivity contribution in [2.45, 2.75) is 13.5 Å². The van der Waals surface area contributed by atoms with Gasteiger partial charge in [-0.25, -0.2) is 4.98 Å². The summed E-state index contributed by atoms with van der Waals surface area (Å²) in [5.41, 5.74) is 1.37. The quantitative estimate of drug-likeness (QED) is 0.941. The fourth-order valence-corrected chi connectivity index (χ4v) is 2.65. The summed E-state index contributed by atoms with van der Waals surface area (Å²) in [4.78, 5) is 18.9. The third kappa shape index (κ3) is 3.49. The minimum atomic E-state index is -0.104. The van der Waals surface area contributed by atoms with Crippen molar-refractivity contribution < 1.29 is 4.79 Å². The Bertz CT molecular complexity index is 625. The molecule has 0 saturated heterocycles. The molecule has 4 nitrogen and oxygen atoms in total. The first-order valence-electron chi connectivity index (χ1n) is 6.14. The summed E-state index contributed by atoms with van der Waals surface area (Å²) in [5, 5.41) is 4.78. The molecule has 106 valence electrons. The second kappa shape index (κ2) is 6.24. The van der Waals surface area contributed by atoms with Crippen LogP contribution in [0, 0.1) is 6.92 Å². The van der Waals surface area contributed by atoms with Crippen molar-refractivity contribution >= 4 is 34.5 Å². The molecular weight excluding hydrogens is 294 g/mol. The minimum Gasteiger partial charge on any atom is -0.380 e. The lowest BCUT2D eigenvalue weighted by Gasteiger charge is -2.13. The maximum Gasteiger partial charge on any atom is 0.254 e. The number of halogens is 1. The number of amides is 1. The summed E-state index contributed by atoms with van der Waals surface area (Å²) in [6.45, 7) is 2.66. The first-order chi connectivity index (χ1) is 9.47. The number of aryl methyl sites for hydroxylation is 1. The van der Waals surface area contributed by atoms with Crippen molar-refractivity contribution in [3.05, 3.63) is 44.9 Å². The summed E-state index contributed by atoms with van der Waals surface area (Å²) >= 11 is 7.72. The summed E-state index contributed by atoms with van der Waals surface area (Å²) in [6, 6.07) is 5.37. The van der Waals surface area contributed by atoms with Crippen molar-refractivity contribution in [2.24, 2.45) is 0 Å². The zero-order chi connectivity index (χ0) is 14.7. The molecule has 0 atom stereocenters. The molecule has 1 aromatic heterocycles. The molecule has 6 heteroatoms. The van der Waals surface area contributed by atoms with Crippen LogP contribution >= 0.6 is 22.9 Å². The van der Waals surface area contributed by atoms with Crippen molar-refractivity contribution in [3.8, 4) is 0 Å². The molecule has 20 heavy (non-hydrogen) atoms. The number of hydrogen-bond donors (Lipinski definition) is 1. The second-order valence-corrected chi connectivity index (χ2v) is 6.32. The van der Waals surface area contributed by atoms with Crippen molar-refractivity contribution in [2.75, 3.05) is 19.4 Å². The molecule has 2 aromatic rings. The highest BCUT2D eigenvalue weighted by molar-refractivity contribution is 7.11. The first-order valence-corrected chi connectivity index (χ1v) is 7.33. The molecule has 1 heterocycles. The average Bonchev–Trinajstić information content (AvgIpc) is 2.82. The van der Waals surface area contributed by atoms with Gasteiger partial charge in [-0.15, -0.1) is 11.3 Å². The third-order valence-electron chi connectivity index (χ3n) is 2.74. The van der Waals surface area contributed by atoms with Crippen LogP contribution in [0.1, 0.15) is 20.2 Å². The van der Waals surface area contributed by atoms with Crippen molar-refractivity contribution in [1.82, 2.24) is 9.88 Å². The first kappa shape index (κ1) is 14.8. The lowest BCUT2D eigenvalue weighted by molar-refractivity contribution is 0.0828. The Morgan fingerprint density at radius 2 is 2.20 bits per heavy atom. The number of rotatable bonds is 4. The molecule has 0 bridgehead atoms. The van der Waals surface area contributed by atoms with Gasteiger partial charge in [0, 0.05) is 30.9 Å². The lowest BCUT2D eigenvalue weighted by Crippen LogP contribution is -2.22. The SMILES string of the molecule is Cc1ncc(CNc2ccc(Cl)c(C(=O)N(C)C)c2)s1. The Morgan fingerprint density at radius 1 is 1.45 bits per heavy atom. The molecule has 2 rings (SSSR count). The zero-order valence-corrected chi connectivity index (χ0v) is 13.2. The number of carbonyl (C=O) groups is 1. The van der Waals surface area contributed by atoms with Gasteiger partial charge in [0.05, 0.1) is 22.1 Å². The molecule has 1 N–H and O–H groups in total. The molecule has 0 unspecified atom stereocenters. The Labute approximate surface area is 127 Å². The molecule has 0 spiro atoms. The van der Waals surface area contributed by atoms with Gasteiger partial charge in [-0.2, -0.15) is 0 Å². The molecule has 1 aromatic carbocycles. The highest BCUT2D eigenvalue weighted by atomic mass is 35.5. The number of thiazole rings is 1. The fourth-order valence-electron chi connectivity index (χ4n) is 1.72. The van der Waals surface area contributed by atoms with Crippen LogP contribution in [0.15, 0.2) is 24.4 Å². The van der Waals surface area contributed by atoms with E-state index in [0.717, 1.165) is 15.6 Å². The van der Waals surface area contributed by atoms with Gasteiger partial charge in [-0.05, 0) is 25.1 Å². The Morgan fingerprint density at radius 3 is 2.80 bits per heavy atom. The van der Waals surface area contributed by atoms with Crippen LogP contribution < -0.4 is 5.32 Å². The van der Waals surface area contributed by atoms with Gasteiger partial charge >= 0.3 is 0 Å². The van der Waals surface area contributed by atoms with E-state index in [1.54, 1.807) is 37.6 Å². The third-order valence-corrected chi connectivity index (χ3v) is 3.98. The van der Waals surface area contributed by atoms with E-state index in [4.69, 9.17) is 11.6 Å². The van der Waals surface area contributed by atoms with Crippen molar-refractivity contribution in [1.29, 1.82) is 0 Å². The summed E-state index contributed by atoms with van der Waals surface area (Å²) in [7, 11) is 3.41. The Hall–Kier alpha value is -1.59. The number of anilines is 1. The molecule has 0 aliphatic rings. The fraction of sp³-hybridized carbons (Fsp3) is 0.286. The smallest absolute Gasteiger partial charge is 0.254 e. The number of hydrogen-bond acceptors (Lipinski definition) is 4. The van der Waals surface area contributed by atoms with Crippen LogP contribution in [0.4, 0.5) is 5.69 Å². The van der Waals surface area contributed by atoms with Gasteiger partial charge in [0.2, 0.25) is 0 Å². The zero-order valence-electron chi connectivity index (χ0n) is 11.6. The molecule has 0 aliphatic carbocycles. The summed E-state index contributed by atoms with van der Waals surface area (Å²) < 4.78 is 0.